The van der Waals surface area contributed by atoms with Crippen LogP contribution in [0.15, 0.2) is 46.8 Å². The quantitative estimate of drug-likeness (QED) is 0.621. The summed E-state index contributed by atoms with van der Waals surface area (Å²) >= 11 is 0.997. The SMILES string of the molecule is CCCS(=O)(=O)c1nc2ccc(NS(=O)(=O)Cc3ccccc3F)cc2s1. The van der Waals surface area contributed by atoms with Crippen molar-refractivity contribution in [3.05, 3.63) is 53.8 Å². The summed E-state index contributed by atoms with van der Waals surface area (Å²) in [6.45, 7) is 1.77. The minimum absolute atomic E-state index is 0.00888. The van der Waals surface area contributed by atoms with Crippen molar-refractivity contribution in [2.45, 2.75) is 23.4 Å². The van der Waals surface area contributed by atoms with Crippen molar-refractivity contribution in [1.29, 1.82) is 0 Å². The van der Waals surface area contributed by atoms with Crippen molar-refractivity contribution >= 4 is 47.1 Å². The van der Waals surface area contributed by atoms with Gasteiger partial charge in [0.25, 0.3) is 0 Å². The van der Waals surface area contributed by atoms with Crippen molar-refractivity contribution in [1.82, 2.24) is 4.98 Å². The molecule has 2 aromatic carbocycles. The average molecular weight is 429 g/mol. The van der Waals surface area contributed by atoms with Crippen LogP contribution in [0, 0.1) is 5.82 Å². The molecule has 6 nitrogen and oxygen atoms in total. The highest BCUT2D eigenvalue weighted by Crippen LogP contribution is 2.29. The molecule has 0 aliphatic rings. The topological polar surface area (TPSA) is 93.2 Å². The van der Waals surface area contributed by atoms with Gasteiger partial charge in [0.05, 0.1) is 27.4 Å². The summed E-state index contributed by atoms with van der Waals surface area (Å²) < 4.78 is 65.6. The zero-order valence-electron chi connectivity index (χ0n) is 14.3. The van der Waals surface area contributed by atoms with Gasteiger partial charge in [-0.2, -0.15) is 0 Å². The van der Waals surface area contributed by atoms with E-state index in [9.17, 15) is 21.2 Å². The predicted molar refractivity (Wildman–Crippen MR) is 105 cm³/mol. The van der Waals surface area contributed by atoms with Gasteiger partial charge in [0.2, 0.25) is 24.2 Å². The third-order valence-corrected chi connectivity index (χ3v) is 8.32. The molecular formula is C17H17FN2O4S3. The van der Waals surface area contributed by atoms with Gasteiger partial charge in [-0.3, -0.25) is 4.72 Å². The van der Waals surface area contributed by atoms with E-state index in [-0.39, 0.29) is 21.3 Å². The smallest absolute Gasteiger partial charge is 0.237 e. The molecule has 3 rings (SSSR count). The highest BCUT2D eigenvalue weighted by atomic mass is 32.2. The highest BCUT2D eigenvalue weighted by Gasteiger charge is 2.20. The fourth-order valence-corrected chi connectivity index (χ4v) is 6.41. The van der Waals surface area contributed by atoms with Crippen molar-refractivity contribution in [3.63, 3.8) is 0 Å². The van der Waals surface area contributed by atoms with Gasteiger partial charge in [-0.05, 0) is 30.7 Å². The Kier molecular flexibility index (Phi) is 5.50. The van der Waals surface area contributed by atoms with Crippen LogP contribution in [-0.4, -0.2) is 27.6 Å². The van der Waals surface area contributed by atoms with Crippen LogP contribution in [0.1, 0.15) is 18.9 Å². The third kappa shape index (κ3) is 4.63. The van der Waals surface area contributed by atoms with E-state index < -0.39 is 31.4 Å². The average Bonchev–Trinajstić information content (AvgIpc) is 3.00. The second-order valence-corrected chi connectivity index (χ2v) is 11.0. The molecule has 0 atom stereocenters. The van der Waals surface area contributed by atoms with Crippen molar-refractivity contribution in [3.8, 4) is 0 Å². The fraction of sp³-hybridized carbons (Fsp3) is 0.235. The Morgan fingerprint density at radius 3 is 2.56 bits per heavy atom. The monoisotopic (exact) mass is 428 g/mol. The molecule has 0 unspecified atom stereocenters. The van der Waals surface area contributed by atoms with E-state index in [4.69, 9.17) is 0 Å². The van der Waals surface area contributed by atoms with E-state index in [1.54, 1.807) is 19.1 Å². The standard InChI is InChI=1S/C17H17FN2O4S3/c1-2-9-26(21,22)17-19-15-8-7-13(10-16(15)25-17)20-27(23,24)11-12-5-3-4-6-14(12)18/h3-8,10,20H,2,9,11H2,1H3. The minimum Gasteiger partial charge on any atom is -0.283 e. The van der Waals surface area contributed by atoms with Crippen LogP contribution in [0.3, 0.4) is 0 Å². The Labute approximate surface area is 161 Å². The summed E-state index contributed by atoms with van der Waals surface area (Å²) in [5, 5.41) is 0. The summed E-state index contributed by atoms with van der Waals surface area (Å²) in [4.78, 5) is 4.12. The second kappa shape index (κ2) is 7.53. The third-order valence-electron chi connectivity index (χ3n) is 3.68. The van der Waals surface area contributed by atoms with Crippen molar-refractivity contribution in [2.75, 3.05) is 10.5 Å². The number of aromatic nitrogens is 1. The summed E-state index contributed by atoms with van der Waals surface area (Å²) in [5.41, 5.74) is 0.811. The van der Waals surface area contributed by atoms with Gasteiger partial charge in [-0.15, -0.1) is 11.3 Å². The van der Waals surface area contributed by atoms with Gasteiger partial charge in [-0.1, -0.05) is 25.1 Å². The Morgan fingerprint density at radius 2 is 1.85 bits per heavy atom. The Balaban J connectivity index is 1.86. The lowest BCUT2D eigenvalue weighted by Gasteiger charge is -2.08. The number of sulfonamides is 1. The Morgan fingerprint density at radius 1 is 1.11 bits per heavy atom. The molecule has 0 spiro atoms. The first-order valence-corrected chi connectivity index (χ1v) is 12.2. The van der Waals surface area contributed by atoms with Crippen molar-refractivity contribution < 1.29 is 21.2 Å². The molecule has 0 bridgehead atoms. The lowest BCUT2D eigenvalue weighted by Crippen LogP contribution is -2.15. The summed E-state index contributed by atoms with van der Waals surface area (Å²) in [6.07, 6.45) is 0.485. The first kappa shape index (κ1) is 19.7. The maximum Gasteiger partial charge on any atom is 0.237 e. The molecule has 1 aromatic heterocycles. The van der Waals surface area contributed by atoms with E-state index >= 15 is 0 Å². The van der Waals surface area contributed by atoms with Crippen LogP contribution < -0.4 is 4.72 Å². The molecule has 144 valence electrons. The molecule has 0 fully saturated rings. The van der Waals surface area contributed by atoms with Crippen LogP contribution in [0.2, 0.25) is 0 Å². The van der Waals surface area contributed by atoms with Gasteiger partial charge < -0.3 is 0 Å². The molecular weight excluding hydrogens is 411 g/mol. The van der Waals surface area contributed by atoms with E-state index in [2.05, 4.69) is 9.71 Å². The number of hydrogen-bond acceptors (Lipinski definition) is 6. The van der Waals surface area contributed by atoms with Gasteiger partial charge in [-0.25, -0.2) is 26.2 Å². The molecule has 0 saturated carbocycles. The largest absolute Gasteiger partial charge is 0.283 e. The van der Waals surface area contributed by atoms with Gasteiger partial charge in [0.15, 0.2) is 0 Å². The second-order valence-electron chi connectivity index (χ2n) is 5.93. The number of halogens is 1. The van der Waals surface area contributed by atoms with E-state index in [1.807, 2.05) is 0 Å². The highest BCUT2D eigenvalue weighted by molar-refractivity contribution is 7.93. The molecule has 3 aromatic rings. The Hall–Kier alpha value is -2.04. The normalized spacial score (nSPS) is 12.4. The molecule has 0 amide bonds. The molecule has 0 aliphatic heterocycles. The van der Waals surface area contributed by atoms with E-state index in [0.717, 1.165) is 11.3 Å². The first-order chi connectivity index (χ1) is 12.7. The summed E-state index contributed by atoms with van der Waals surface area (Å²) in [5.74, 6) is -1.09. The van der Waals surface area contributed by atoms with Gasteiger partial charge >= 0.3 is 0 Å². The van der Waals surface area contributed by atoms with Crippen LogP contribution in [0.5, 0.6) is 0 Å². The Bertz CT molecular complexity index is 1190. The molecule has 0 aliphatic carbocycles. The summed E-state index contributed by atoms with van der Waals surface area (Å²) in [6, 6.07) is 10.2. The maximum absolute atomic E-state index is 13.7. The first-order valence-electron chi connectivity index (χ1n) is 8.07. The number of anilines is 1. The molecule has 1 N–H and O–H groups in total. The van der Waals surface area contributed by atoms with Crippen molar-refractivity contribution in [2.24, 2.45) is 0 Å². The van der Waals surface area contributed by atoms with Crippen LogP contribution >= 0.6 is 11.3 Å². The molecule has 0 saturated heterocycles. The van der Waals surface area contributed by atoms with Crippen LogP contribution in [0.4, 0.5) is 10.1 Å². The molecule has 10 heteroatoms. The van der Waals surface area contributed by atoms with Gasteiger partial charge in [0.1, 0.15) is 5.82 Å². The number of hydrogen-bond donors (Lipinski definition) is 1. The number of thiazole rings is 1. The number of fused-ring (bicyclic) bond motifs is 1. The number of rotatable bonds is 7. The fourth-order valence-electron chi connectivity index (χ4n) is 2.49. The summed E-state index contributed by atoms with van der Waals surface area (Å²) in [7, 11) is -7.27. The van der Waals surface area contributed by atoms with Crippen LogP contribution in [0.25, 0.3) is 10.2 Å². The number of nitrogens with zero attached hydrogens (tertiary/aromatic N) is 1. The molecule has 0 radical (unpaired) electrons. The minimum atomic E-state index is -3.83. The lowest BCUT2D eigenvalue weighted by atomic mass is 10.2. The molecule has 1 heterocycles. The predicted octanol–water partition coefficient (Wildman–Crippen LogP) is 3.56. The number of benzene rings is 2. The number of sulfone groups is 1. The zero-order chi connectivity index (χ0) is 19.7. The van der Waals surface area contributed by atoms with Gasteiger partial charge in [0, 0.05) is 5.56 Å². The molecule has 27 heavy (non-hydrogen) atoms. The zero-order valence-corrected chi connectivity index (χ0v) is 16.8. The lowest BCUT2D eigenvalue weighted by molar-refractivity contribution is 0.591. The van der Waals surface area contributed by atoms with Crippen LogP contribution in [-0.2, 0) is 25.6 Å². The van der Waals surface area contributed by atoms with E-state index in [1.165, 1.54) is 30.3 Å². The number of nitrogens with one attached hydrogen (secondary N) is 1. The van der Waals surface area contributed by atoms with E-state index in [0.29, 0.717) is 16.6 Å². The maximum atomic E-state index is 13.7.